The lowest BCUT2D eigenvalue weighted by Crippen LogP contribution is -2.38. The Balaban J connectivity index is 1.29. The normalized spacial score (nSPS) is 18.0. The topological polar surface area (TPSA) is 76.2 Å². The molecule has 2 aromatic heterocycles. The van der Waals surface area contributed by atoms with Gasteiger partial charge in [0.25, 0.3) is 5.91 Å². The molecule has 5 rings (SSSR count). The molecular formula is C19H20ClN5O2. The van der Waals surface area contributed by atoms with Crippen molar-refractivity contribution in [2.45, 2.75) is 31.8 Å². The Kier molecular flexibility index (Phi) is 4.13. The highest BCUT2D eigenvalue weighted by molar-refractivity contribution is 6.31. The van der Waals surface area contributed by atoms with Crippen molar-refractivity contribution in [2.24, 2.45) is 0 Å². The van der Waals surface area contributed by atoms with Gasteiger partial charge in [0.05, 0.1) is 6.54 Å². The predicted octanol–water partition coefficient (Wildman–Crippen LogP) is 2.80. The number of amides is 1. The molecule has 3 aromatic rings. The van der Waals surface area contributed by atoms with Crippen molar-refractivity contribution in [1.29, 1.82) is 0 Å². The van der Waals surface area contributed by atoms with Crippen LogP contribution in [0.3, 0.4) is 0 Å². The molecule has 0 bridgehead atoms. The van der Waals surface area contributed by atoms with Gasteiger partial charge in [-0.2, -0.15) is 0 Å². The Bertz CT molecular complexity index is 1000. The molecule has 0 spiro atoms. The van der Waals surface area contributed by atoms with E-state index in [4.69, 9.17) is 16.0 Å². The summed E-state index contributed by atoms with van der Waals surface area (Å²) in [7, 11) is 0. The van der Waals surface area contributed by atoms with Crippen molar-refractivity contribution in [3.05, 3.63) is 46.7 Å². The van der Waals surface area contributed by atoms with Gasteiger partial charge in [-0.3, -0.25) is 4.79 Å². The number of carbonyl (C=O) groups is 1. The summed E-state index contributed by atoms with van der Waals surface area (Å²) in [5, 5.41) is 13.5. The number of fused-ring (bicyclic) bond motifs is 2. The molecule has 1 aromatic carbocycles. The molecule has 2 aliphatic heterocycles. The number of halogens is 1. The van der Waals surface area contributed by atoms with Gasteiger partial charge in [0.15, 0.2) is 5.76 Å². The number of aromatic nitrogens is 3. The Labute approximate surface area is 161 Å². The SMILES string of the molecule is O=C(c1cc2cc(Cl)ccc2o1)N1CCC(c2nnc3n2CCNC3)CC1. The standard InChI is InChI=1S/C19H20ClN5O2/c20-14-1-2-15-13(9-14)10-16(27-15)19(26)24-6-3-12(4-7-24)18-23-22-17-11-21-5-8-25(17)18/h1-2,9-10,12,21H,3-8,11H2. The van der Waals surface area contributed by atoms with Crippen LogP contribution in [0.25, 0.3) is 11.0 Å². The van der Waals surface area contributed by atoms with Gasteiger partial charge in [0, 0.05) is 42.5 Å². The van der Waals surface area contributed by atoms with E-state index in [9.17, 15) is 4.79 Å². The fourth-order valence-corrected chi connectivity index (χ4v) is 4.21. The number of hydrogen-bond donors (Lipinski definition) is 1. The van der Waals surface area contributed by atoms with Crippen molar-refractivity contribution in [1.82, 2.24) is 25.0 Å². The summed E-state index contributed by atoms with van der Waals surface area (Å²) in [6.45, 7) is 4.04. The number of carbonyl (C=O) groups excluding carboxylic acids is 1. The number of benzene rings is 1. The van der Waals surface area contributed by atoms with Gasteiger partial charge in [-0.05, 0) is 37.1 Å². The molecule has 4 heterocycles. The predicted molar refractivity (Wildman–Crippen MR) is 101 cm³/mol. The van der Waals surface area contributed by atoms with Crippen molar-refractivity contribution in [2.75, 3.05) is 19.6 Å². The van der Waals surface area contributed by atoms with Crippen LogP contribution < -0.4 is 5.32 Å². The van der Waals surface area contributed by atoms with E-state index in [-0.39, 0.29) is 5.91 Å². The molecule has 8 heteroatoms. The second kappa shape index (κ2) is 6.65. The number of nitrogens with zero attached hydrogens (tertiary/aromatic N) is 4. The van der Waals surface area contributed by atoms with E-state index >= 15 is 0 Å². The van der Waals surface area contributed by atoms with E-state index in [0.717, 1.165) is 49.5 Å². The van der Waals surface area contributed by atoms with E-state index in [1.165, 1.54) is 0 Å². The number of nitrogens with one attached hydrogen (secondary N) is 1. The molecule has 7 nitrogen and oxygen atoms in total. The minimum absolute atomic E-state index is 0.0618. The van der Waals surface area contributed by atoms with Crippen molar-refractivity contribution >= 4 is 28.5 Å². The summed E-state index contributed by atoms with van der Waals surface area (Å²) >= 11 is 6.02. The minimum Gasteiger partial charge on any atom is -0.451 e. The van der Waals surface area contributed by atoms with E-state index in [1.807, 2.05) is 11.0 Å². The molecule has 1 fully saturated rings. The summed E-state index contributed by atoms with van der Waals surface area (Å²) in [6, 6.07) is 7.15. The smallest absolute Gasteiger partial charge is 0.289 e. The average Bonchev–Trinajstić information content (AvgIpc) is 3.31. The third-order valence-corrected chi connectivity index (χ3v) is 5.72. The number of piperidine rings is 1. The van der Waals surface area contributed by atoms with Crippen LogP contribution in [-0.4, -0.2) is 45.2 Å². The number of likely N-dealkylation sites (tertiary alicyclic amines) is 1. The monoisotopic (exact) mass is 385 g/mol. The zero-order valence-corrected chi connectivity index (χ0v) is 15.6. The molecule has 0 saturated carbocycles. The lowest BCUT2D eigenvalue weighted by atomic mass is 9.95. The van der Waals surface area contributed by atoms with Crippen LogP contribution in [0.1, 0.15) is 41.0 Å². The second-order valence-corrected chi connectivity index (χ2v) is 7.60. The highest BCUT2D eigenvalue weighted by atomic mass is 35.5. The van der Waals surface area contributed by atoms with E-state index < -0.39 is 0 Å². The molecule has 140 valence electrons. The molecule has 1 saturated heterocycles. The third kappa shape index (κ3) is 3.00. The van der Waals surface area contributed by atoms with Gasteiger partial charge in [-0.25, -0.2) is 0 Å². The summed E-state index contributed by atoms with van der Waals surface area (Å²) in [5.41, 5.74) is 0.682. The van der Waals surface area contributed by atoms with Crippen LogP contribution in [0.15, 0.2) is 28.7 Å². The Morgan fingerprint density at radius 3 is 2.89 bits per heavy atom. The van der Waals surface area contributed by atoms with Gasteiger partial charge in [-0.15, -0.1) is 10.2 Å². The fraction of sp³-hybridized carbons (Fsp3) is 0.421. The number of furan rings is 1. The first-order chi connectivity index (χ1) is 13.2. The highest BCUT2D eigenvalue weighted by Crippen LogP contribution is 2.30. The molecule has 27 heavy (non-hydrogen) atoms. The lowest BCUT2D eigenvalue weighted by Gasteiger charge is -2.31. The van der Waals surface area contributed by atoms with Crippen LogP contribution in [0.5, 0.6) is 0 Å². The first kappa shape index (κ1) is 16.8. The van der Waals surface area contributed by atoms with Crippen LogP contribution in [-0.2, 0) is 13.1 Å². The maximum Gasteiger partial charge on any atom is 0.289 e. The minimum atomic E-state index is -0.0618. The van der Waals surface area contributed by atoms with Gasteiger partial charge in [0.1, 0.15) is 17.2 Å². The highest BCUT2D eigenvalue weighted by Gasteiger charge is 2.30. The van der Waals surface area contributed by atoms with E-state index in [0.29, 0.717) is 35.4 Å². The summed E-state index contributed by atoms with van der Waals surface area (Å²) in [4.78, 5) is 14.7. The molecule has 1 amide bonds. The van der Waals surface area contributed by atoms with Gasteiger partial charge in [0.2, 0.25) is 0 Å². The van der Waals surface area contributed by atoms with E-state index in [1.54, 1.807) is 18.2 Å². The van der Waals surface area contributed by atoms with Crippen LogP contribution in [0.2, 0.25) is 5.02 Å². The van der Waals surface area contributed by atoms with Crippen molar-refractivity contribution in [3.8, 4) is 0 Å². The van der Waals surface area contributed by atoms with E-state index in [2.05, 4.69) is 20.1 Å². The molecule has 2 aliphatic rings. The third-order valence-electron chi connectivity index (χ3n) is 5.49. The number of hydrogen-bond acceptors (Lipinski definition) is 5. The maximum absolute atomic E-state index is 12.8. The second-order valence-electron chi connectivity index (χ2n) is 7.16. The zero-order valence-electron chi connectivity index (χ0n) is 14.8. The fourth-order valence-electron chi connectivity index (χ4n) is 4.03. The Morgan fingerprint density at radius 2 is 2.04 bits per heavy atom. The molecule has 0 atom stereocenters. The van der Waals surface area contributed by atoms with Crippen LogP contribution in [0.4, 0.5) is 0 Å². The first-order valence-corrected chi connectivity index (χ1v) is 9.68. The van der Waals surface area contributed by atoms with Crippen molar-refractivity contribution < 1.29 is 9.21 Å². The van der Waals surface area contributed by atoms with Crippen LogP contribution in [0, 0.1) is 0 Å². The van der Waals surface area contributed by atoms with Gasteiger partial charge < -0.3 is 19.2 Å². The molecular weight excluding hydrogens is 366 g/mol. The Morgan fingerprint density at radius 1 is 1.19 bits per heavy atom. The first-order valence-electron chi connectivity index (χ1n) is 9.30. The maximum atomic E-state index is 12.8. The quantitative estimate of drug-likeness (QED) is 0.734. The largest absolute Gasteiger partial charge is 0.451 e. The Hall–Kier alpha value is -2.38. The molecule has 1 N–H and O–H groups in total. The van der Waals surface area contributed by atoms with Crippen LogP contribution >= 0.6 is 11.6 Å². The zero-order chi connectivity index (χ0) is 18.4. The number of rotatable bonds is 2. The summed E-state index contributed by atoms with van der Waals surface area (Å²) in [6.07, 6.45) is 1.78. The van der Waals surface area contributed by atoms with Crippen molar-refractivity contribution in [3.63, 3.8) is 0 Å². The summed E-state index contributed by atoms with van der Waals surface area (Å²) in [5.74, 6) is 2.74. The lowest BCUT2D eigenvalue weighted by molar-refractivity contribution is 0.0680. The summed E-state index contributed by atoms with van der Waals surface area (Å²) < 4.78 is 7.97. The molecule has 0 aliphatic carbocycles. The molecule has 0 radical (unpaired) electrons. The molecule has 0 unspecified atom stereocenters. The van der Waals surface area contributed by atoms with Gasteiger partial charge >= 0.3 is 0 Å². The average molecular weight is 386 g/mol. The van der Waals surface area contributed by atoms with Gasteiger partial charge in [-0.1, -0.05) is 11.6 Å².